The maximum atomic E-state index is 10.1. The summed E-state index contributed by atoms with van der Waals surface area (Å²) < 4.78 is 0. The first-order chi connectivity index (χ1) is 10.1. The summed E-state index contributed by atoms with van der Waals surface area (Å²) in [5.41, 5.74) is 0.826. The summed E-state index contributed by atoms with van der Waals surface area (Å²) >= 11 is 12.0. The standard InChI is InChI=1S/C16H22Cl2N2O/c17-13-8-12(16(21)15(18)9-13)10-19-7-4-14(11-19)20-5-2-1-3-6-20/h8-9,14,21H,1-7,10-11H2. The normalized spacial score (nSPS) is 24.6. The molecule has 0 radical (unpaired) electrons. The molecule has 1 N–H and O–H groups in total. The number of hydrogen-bond acceptors (Lipinski definition) is 3. The van der Waals surface area contributed by atoms with Gasteiger partial charge in [-0.15, -0.1) is 0 Å². The lowest BCUT2D eigenvalue weighted by Crippen LogP contribution is -2.40. The molecule has 2 heterocycles. The molecule has 3 rings (SSSR count). The van der Waals surface area contributed by atoms with Crippen molar-refractivity contribution in [2.45, 2.75) is 38.3 Å². The van der Waals surface area contributed by atoms with Crippen LogP contribution < -0.4 is 0 Å². The fraction of sp³-hybridized carbons (Fsp3) is 0.625. The van der Waals surface area contributed by atoms with Crippen LogP contribution in [0.4, 0.5) is 0 Å². The third kappa shape index (κ3) is 3.65. The molecule has 2 saturated heterocycles. The first kappa shape index (κ1) is 15.4. The van der Waals surface area contributed by atoms with Crippen LogP contribution in [0.25, 0.3) is 0 Å². The minimum Gasteiger partial charge on any atom is -0.506 e. The molecule has 2 aliphatic heterocycles. The monoisotopic (exact) mass is 328 g/mol. The first-order valence-electron chi connectivity index (χ1n) is 7.77. The van der Waals surface area contributed by atoms with Crippen LogP contribution in [0, 0.1) is 0 Å². The second kappa shape index (κ2) is 6.74. The number of likely N-dealkylation sites (tertiary alicyclic amines) is 2. The largest absolute Gasteiger partial charge is 0.506 e. The van der Waals surface area contributed by atoms with Gasteiger partial charge in [-0.1, -0.05) is 29.6 Å². The summed E-state index contributed by atoms with van der Waals surface area (Å²) in [4.78, 5) is 5.02. The van der Waals surface area contributed by atoms with Crippen molar-refractivity contribution in [1.82, 2.24) is 9.80 Å². The van der Waals surface area contributed by atoms with Crippen molar-refractivity contribution >= 4 is 23.2 Å². The van der Waals surface area contributed by atoms with Gasteiger partial charge in [-0.05, 0) is 44.5 Å². The Morgan fingerprint density at radius 3 is 2.62 bits per heavy atom. The lowest BCUT2D eigenvalue weighted by molar-refractivity contribution is 0.161. The molecule has 1 aromatic carbocycles. The van der Waals surface area contributed by atoms with Crippen molar-refractivity contribution in [2.24, 2.45) is 0 Å². The van der Waals surface area contributed by atoms with Crippen LogP contribution in [-0.4, -0.2) is 47.1 Å². The summed E-state index contributed by atoms with van der Waals surface area (Å²) in [5.74, 6) is 0.169. The lowest BCUT2D eigenvalue weighted by Gasteiger charge is -2.32. The van der Waals surface area contributed by atoms with Crippen molar-refractivity contribution < 1.29 is 5.11 Å². The zero-order valence-electron chi connectivity index (χ0n) is 12.2. The Morgan fingerprint density at radius 1 is 1.10 bits per heavy atom. The minimum absolute atomic E-state index is 0.169. The third-order valence-electron chi connectivity index (χ3n) is 4.66. The van der Waals surface area contributed by atoms with Crippen LogP contribution >= 0.6 is 23.2 Å². The van der Waals surface area contributed by atoms with Gasteiger partial charge in [0, 0.05) is 36.3 Å². The lowest BCUT2D eigenvalue weighted by atomic mass is 10.1. The highest BCUT2D eigenvalue weighted by molar-refractivity contribution is 6.35. The molecule has 2 aliphatic rings. The Balaban J connectivity index is 1.62. The molecule has 3 nitrogen and oxygen atoms in total. The van der Waals surface area contributed by atoms with E-state index in [1.807, 2.05) is 6.07 Å². The molecule has 0 aromatic heterocycles. The highest BCUT2D eigenvalue weighted by Gasteiger charge is 2.28. The quantitative estimate of drug-likeness (QED) is 0.915. The van der Waals surface area contributed by atoms with Gasteiger partial charge in [0.1, 0.15) is 5.75 Å². The van der Waals surface area contributed by atoms with Gasteiger partial charge in [0.25, 0.3) is 0 Å². The number of piperidine rings is 1. The molecule has 1 atom stereocenters. The maximum Gasteiger partial charge on any atom is 0.138 e. The van der Waals surface area contributed by atoms with Gasteiger partial charge in [0.15, 0.2) is 0 Å². The van der Waals surface area contributed by atoms with Crippen molar-refractivity contribution in [3.63, 3.8) is 0 Å². The van der Waals surface area contributed by atoms with E-state index in [1.54, 1.807) is 6.07 Å². The first-order valence-corrected chi connectivity index (χ1v) is 8.52. The number of benzene rings is 1. The number of nitrogens with zero attached hydrogens (tertiary/aromatic N) is 2. The summed E-state index contributed by atoms with van der Waals surface area (Å²) in [6.07, 6.45) is 5.26. The number of rotatable bonds is 3. The third-order valence-corrected chi connectivity index (χ3v) is 5.16. The van der Waals surface area contributed by atoms with Crippen LogP contribution in [0.3, 0.4) is 0 Å². The Bertz CT molecular complexity index is 503. The van der Waals surface area contributed by atoms with E-state index in [0.717, 1.165) is 25.2 Å². The zero-order valence-corrected chi connectivity index (χ0v) is 13.7. The van der Waals surface area contributed by atoms with Gasteiger partial charge in [-0.25, -0.2) is 0 Å². The van der Waals surface area contributed by atoms with Crippen LogP contribution in [0.2, 0.25) is 10.0 Å². The van der Waals surface area contributed by atoms with Gasteiger partial charge in [0.05, 0.1) is 5.02 Å². The second-order valence-corrected chi connectivity index (χ2v) is 7.01. The molecule has 1 unspecified atom stereocenters. The van der Waals surface area contributed by atoms with Gasteiger partial charge in [-0.3, -0.25) is 9.80 Å². The molecule has 0 amide bonds. The molecule has 0 aliphatic carbocycles. The number of phenols is 1. The molecule has 0 bridgehead atoms. The highest BCUT2D eigenvalue weighted by Crippen LogP contribution is 2.33. The van der Waals surface area contributed by atoms with E-state index in [9.17, 15) is 5.11 Å². The Hall–Kier alpha value is -0.480. The molecule has 0 spiro atoms. The van der Waals surface area contributed by atoms with Gasteiger partial charge < -0.3 is 5.11 Å². The topological polar surface area (TPSA) is 26.7 Å². The molecule has 21 heavy (non-hydrogen) atoms. The fourth-order valence-corrected chi connectivity index (χ4v) is 4.05. The smallest absolute Gasteiger partial charge is 0.138 e. The molecule has 116 valence electrons. The minimum atomic E-state index is 0.169. The second-order valence-electron chi connectivity index (χ2n) is 6.17. The Kier molecular flexibility index (Phi) is 4.95. The summed E-state index contributed by atoms with van der Waals surface area (Å²) in [6, 6.07) is 4.07. The summed E-state index contributed by atoms with van der Waals surface area (Å²) in [5, 5.41) is 11.0. The number of phenolic OH excluding ortho intramolecular Hbond substituents is 1. The Labute approximate surface area is 136 Å². The Morgan fingerprint density at radius 2 is 1.86 bits per heavy atom. The predicted molar refractivity (Wildman–Crippen MR) is 87.2 cm³/mol. The summed E-state index contributed by atoms with van der Waals surface area (Å²) in [6.45, 7) is 5.35. The highest BCUT2D eigenvalue weighted by atomic mass is 35.5. The molecular weight excluding hydrogens is 307 g/mol. The van der Waals surface area contributed by atoms with Crippen molar-refractivity contribution in [3.05, 3.63) is 27.7 Å². The van der Waals surface area contributed by atoms with Gasteiger partial charge in [-0.2, -0.15) is 0 Å². The molecule has 5 heteroatoms. The van der Waals surface area contributed by atoms with E-state index < -0.39 is 0 Å². The number of halogens is 2. The van der Waals surface area contributed by atoms with Crippen LogP contribution in [0.1, 0.15) is 31.2 Å². The van der Waals surface area contributed by atoms with E-state index in [4.69, 9.17) is 23.2 Å². The molecular formula is C16H22Cl2N2O. The van der Waals surface area contributed by atoms with Crippen molar-refractivity contribution in [2.75, 3.05) is 26.2 Å². The van der Waals surface area contributed by atoms with E-state index in [0.29, 0.717) is 16.1 Å². The average molecular weight is 329 g/mol. The van der Waals surface area contributed by atoms with Gasteiger partial charge >= 0.3 is 0 Å². The van der Waals surface area contributed by atoms with E-state index in [2.05, 4.69) is 9.80 Å². The molecule has 0 saturated carbocycles. The number of hydrogen-bond donors (Lipinski definition) is 1. The predicted octanol–water partition coefficient (Wildman–Crippen LogP) is 3.76. The average Bonchev–Trinajstić information content (AvgIpc) is 2.94. The van der Waals surface area contributed by atoms with E-state index >= 15 is 0 Å². The summed E-state index contributed by atoms with van der Waals surface area (Å²) in [7, 11) is 0. The van der Waals surface area contributed by atoms with Crippen LogP contribution in [0.15, 0.2) is 12.1 Å². The van der Waals surface area contributed by atoms with E-state index in [1.165, 1.54) is 38.8 Å². The number of aromatic hydroxyl groups is 1. The van der Waals surface area contributed by atoms with Crippen LogP contribution in [0.5, 0.6) is 5.75 Å². The fourth-order valence-electron chi connectivity index (χ4n) is 3.52. The zero-order chi connectivity index (χ0) is 14.8. The van der Waals surface area contributed by atoms with Gasteiger partial charge in [0.2, 0.25) is 0 Å². The SMILES string of the molecule is Oc1c(Cl)cc(Cl)cc1CN1CCC(N2CCCCC2)C1. The van der Waals surface area contributed by atoms with Crippen molar-refractivity contribution in [1.29, 1.82) is 0 Å². The van der Waals surface area contributed by atoms with Crippen LogP contribution in [-0.2, 0) is 6.54 Å². The molecule has 1 aromatic rings. The maximum absolute atomic E-state index is 10.1. The molecule has 2 fully saturated rings. The van der Waals surface area contributed by atoms with E-state index in [-0.39, 0.29) is 5.75 Å². The van der Waals surface area contributed by atoms with Crippen molar-refractivity contribution in [3.8, 4) is 5.75 Å².